The molecule has 0 amide bonds. The number of hydrogen-bond acceptors (Lipinski definition) is 2. The van der Waals surface area contributed by atoms with Crippen LogP contribution in [0.3, 0.4) is 0 Å². The maximum absolute atomic E-state index is 4.69. The monoisotopic (exact) mass is 290 g/mol. The topological polar surface area (TPSA) is 16.1 Å². The molecule has 0 aliphatic rings. The fourth-order valence-electron chi connectivity index (χ4n) is 2.69. The number of nitrogens with zero attached hydrogens (tertiary/aromatic N) is 2. The Morgan fingerprint density at radius 1 is 1.10 bits per heavy atom. The Hall–Kier alpha value is -1.05. The average molecular weight is 290 g/mol. The van der Waals surface area contributed by atoms with Gasteiger partial charge in [-0.2, -0.15) is 0 Å². The molecule has 21 heavy (non-hydrogen) atoms. The largest absolute Gasteiger partial charge is 0.354 e. The lowest BCUT2D eigenvalue weighted by molar-refractivity contribution is 0.364. The summed E-state index contributed by atoms with van der Waals surface area (Å²) in [6.45, 7) is 14.7. The van der Waals surface area contributed by atoms with E-state index in [9.17, 15) is 0 Å². The van der Waals surface area contributed by atoms with Gasteiger partial charge in [-0.25, -0.2) is 4.98 Å². The Morgan fingerprint density at radius 2 is 1.71 bits per heavy atom. The van der Waals surface area contributed by atoms with Crippen molar-refractivity contribution in [2.45, 2.75) is 79.7 Å². The maximum Gasteiger partial charge on any atom is 0.128 e. The van der Waals surface area contributed by atoms with E-state index in [0.29, 0.717) is 11.5 Å². The molecule has 0 aromatic carbocycles. The fourth-order valence-corrected chi connectivity index (χ4v) is 2.69. The highest BCUT2D eigenvalue weighted by Crippen LogP contribution is 2.25. The number of pyridine rings is 1. The molecule has 1 heterocycles. The summed E-state index contributed by atoms with van der Waals surface area (Å²) in [5.74, 6) is 1.15. The molecule has 0 spiro atoms. The minimum absolute atomic E-state index is 0.367. The number of aryl methyl sites for hydroxylation is 1. The molecule has 0 radical (unpaired) electrons. The van der Waals surface area contributed by atoms with Crippen molar-refractivity contribution in [1.29, 1.82) is 0 Å². The van der Waals surface area contributed by atoms with Crippen molar-refractivity contribution in [2.24, 2.45) is 5.41 Å². The molecule has 0 unspecified atom stereocenters. The van der Waals surface area contributed by atoms with Crippen LogP contribution >= 0.6 is 0 Å². The summed E-state index contributed by atoms with van der Waals surface area (Å²) >= 11 is 0. The van der Waals surface area contributed by atoms with Crippen LogP contribution in [-0.4, -0.2) is 17.6 Å². The SMILES string of the molecule is CCCC(CCC)N(CCC(C)(C)C)c1ccc(C)cn1. The third-order valence-corrected chi connectivity index (χ3v) is 3.98. The van der Waals surface area contributed by atoms with Gasteiger partial charge >= 0.3 is 0 Å². The van der Waals surface area contributed by atoms with Crippen LogP contribution in [0.1, 0.15) is 72.3 Å². The second-order valence-electron chi connectivity index (χ2n) is 7.43. The van der Waals surface area contributed by atoms with Crippen LogP contribution < -0.4 is 4.90 Å². The molecule has 1 aromatic heterocycles. The molecule has 0 saturated carbocycles. The van der Waals surface area contributed by atoms with Crippen LogP contribution in [0.15, 0.2) is 18.3 Å². The van der Waals surface area contributed by atoms with Gasteiger partial charge in [-0.15, -0.1) is 0 Å². The zero-order valence-corrected chi connectivity index (χ0v) is 14.9. The maximum atomic E-state index is 4.69. The quantitative estimate of drug-likeness (QED) is 0.619. The van der Waals surface area contributed by atoms with Gasteiger partial charge in [-0.3, -0.25) is 0 Å². The molecule has 1 rings (SSSR count). The summed E-state index contributed by atoms with van der Waals surface area (Å²) in [6.07, 6.45) is 8.19. The summed E-state index contributed by atoms with van der Waals surface area (Å²) in [6, 6.07) is 5.00. The lowest BCUT2D eigenvalue weighted by Gasteiger charge is -2.35. The minimum Gasteiger partial charge on any atom is -0.354 e. The summed E-state index contributed by atoms with van der Waals surface area (Å²) in [4.78, 5) is 7.24. The molecular weight excluding hydrogens is 256 g/mol. The first-order chi connectivity index (χ1) is 9.87. The van der Waals surface area contributed by atoms with Crippen LogP contribution in [0, 0.1) is 12.3 Å². The highest BCUT2D eigenvalue weighted by atomic mass is 15.2. The first kappa shape index (κ1) is 18.0. The smallest absolute Gasteiger partial charge is 0.128 e. The predicted octanol–water partition coefficient (Wildman–Crippen LogP) is 5.60. The van der Waals surface area contributed by atoms with Gasteiger partial charge in [0.15, 0.2) is 0 Å². The molecule has 0 atom stereocenters. The van der Waals surface area contributed by atoms with Crippen molar-refractivity contribution in [3.8, 4) is 0 Å². The molecule has 2 heteroatoms. The molecule has 0 aliphatic heterocycles. The number of aromatic nitrogens is 1. The zero-order valence-electron chi connectivity index (χ0n) is 14.9. The molecule has 1 aromatic rings. The van der Waals surface area contributed by atoms with Gasteiger partial charge in [0, 0.05) is 18.8 Å². The highest BCUT2D eigenvalue weighted by Gasteiger charge is 2.21. The van der Waals surface area contributed by atoms with Gasteiger partial charge in [0.1, 0.15) is 5.82 Å². The van der Waals surface area contributed by atoms with Crippen molar-refractivity contribution in [3.63, 3.8) is 0 Å². The predicted molar refractivity (Wildman–Crippen MR) is 94.0 cm³/mol. The van der Waals surface area contributed by atoms with Crippen LogP contribution in [-0.2, 0) is 0 Å². The highest BCUT2D eigenvalue weighted by molar-refractivity contribution is 5.40. The standard InChI is InChI=1S/C19H34N2/c1-7-9-17(10-8-2)21(14-13-19(4,5)6)18-12-11-16(3)15-20-18/h11-12,15,17H,7-10,13-14H2,1-6H3. The molecule has 0 aliphatic carbocycles. The van der Waals surface area contributed by atoms with E-state index in [1.165, 1.54) is 37.7 Å². The Balaban J connectivity index is 2.93. The summed E-state index contributed by atoms with van der Waals surface area (Å²) < 4.78 is 0. The number of anilines is 1. The van der Waals surface area contributed by atoms with Crippen molar-refractivity contribution in [3.05, 3.63) is 23.9 Å². The van der Waals surface area contributed by atoms with Gasteiger partial charge in [-0.1, -0.05) is 53.5 Å². The van der Waals surface area contributed by atoms with Crippen LogP contribution in [0.25, 0.3) is 0 Å². The second kappa shape index (κ2) is 8.41. The molecule has 0 N–H and O–H groups in total. The third kappa shape index (κ3) is 6.50. The Morgan fingerprint density at radius 3 is 2.14 bits per heavy atom. The number of hydrogen-bond donors (Lipinski definition) is 0. The van der Waals surface area contributed by atoms with E-state index in [-0.39, 0.29) is 0 Å². The van der Waals surface area contributed by atoms with Crippen molar-refractivity contribution in [1.82, 2.24) is 4.98 Å². The van der Waals surface area contributed by atoms with Gasteiger partial charge in [0.25, 0.3) is 0 Å². The van der Waals surface area contributed by atoms with Crippen molar-refractivity contribution < 1.29 is 0 Å². The summed E-state index contributed by atoms with van der Waals surface area (Å²) in [7, 11) is 0. The van der Waals surface area contributed by atoms with E-state index in [1.54, 1.807) is 0 Å². The van der Waals surface area contributed by atoms with Crippen molar-refractivity contribution in [2.75, 3.05) is 11.4 Å². The third-order valence-electron chi connectivity index (χ3n) is 3.98. The Labute approximate surface area is 132 Å². The molecule has 0 bridgehead atoms. The number of rotatable bonds is 8. The fraction of sp³-hybridized carbons (Fsp3) is 0.737. The summed E-state index contributed by atoms with van der Waals surface area (Å²) in [5, 5.41) is 0. The zero-order chi connectivity index (χ0) is 15.9. The first-order valence-electron chi connectivity index (χ1n) is 8.56. The van der Waals surface area contributed by atoms with E-state index in [1.807, 2.05) is 6.20 Å². The van der Waals surface area contributed by atoms with E-state index < -0.39 is 0 Å². The lowest BCUT2D eigenvalue weighted by Crippen LogP contribution is -2.38. The Bertz CT molecular complexity index is 383. The molecule has 2 nitrogen and oxygen atoms in total. The van der Waals surface area contributed by atoms with E-state index >= 15 is 0 Å². The molecule has 0 fully saturated rings. The minimum atomic E-state index is 0.367. The molecule has 120 valence electrons. The van der Waals surface area contributed by atoms with Crippen LogP contribution in [0.2, 0.25) is 0 Å². The Kier molecular flexibility index (Phi) is 7.21. The normalized spacial score (nSPS) is 12.0. The van der Waals surface area contributed by atoms with Crippen LogP contribution in [0.5, 0.6) is 0 Å². The van der Waals surface area contributed by atoms with Crippen LogP contribution in [0.4, 0.5) is 5.82 Å². The van der Waals surface area contributed by atoms with Gasteiger partial charge in [0.05, 0.1) is 0 Å². The lowest BCUT2D eigenvalue weighted by atomic mass is 9.91. The van der Waals surface area contributed by atoms with Gasteiger partial charge in [-0.05, 0) is 43.2 Å². The van der Waals surface area contributed by atoms with Crippen molar-refractivity contribution >= 4 is 5.82 Å². The van der Waals surface area contributed by atoms with Gasteiger partial charge in [0.2, 0.25) is 0 Å². The second-order valence-corrected chi connectivity index (χ2v) is 7.43. The average Bonchev–Trinajstić information content (AvgIpc) is 2.40. The summed E-state index contributed by atoms with van der Waals surface area (Å²) in [5.41, 5.74) is 1.60. The van der Waals surface area contributed by atoms with E-state index in [0.717, 1.165) is 12.4 Å². The van der Waals surface area contributed by atoms with Gasteiger partial charge < -0.3 is 4.90 Å². The molecular formula is C19H34N2. The van der Waals surface area contributed by atoms with E-state index in [2.05, 4.69) is 58.6 Å². The van der Waals surface area contributed by atoms with E-state index in [4.69, 9.17) is 4.98 Å². The first-order valence-corrected chi connectivity index (χ1v) is 8.56. The molecule has 0 saturated heterocycles.